The molecule has 5 rings (SSSR count). The van der Waals surface area contributed by atoms with Crippen molar-refractivity contribution >= 4 is 11.9 Å². The van der Waals surface area contributed by atoms with Crippen LogP contribution in [0.5, 0.6) is 0 Å². The van der Waals surface area contributed by atoms with Gasteiger partial charge in [-0.1, -0.05) is 0 Å². The van der Waals surface area contributed by atoms with Crippen LogP contribution in [0.4, 0.5) is 10.3 Å². The first-order valence-corrected chi connectivity index (χ1v) is 11.2. The first kappa shape index (κ1) is 23.5. The van der Waals surface area contributed by atoms with Gasteiger partial charge in [0.25, 0.3) is 0 Å². The van der Waals surface area contributed by atoms with Crippen molar-refractivity contribution < 1.29 is 23.8 Å². The van der Waals surface area contributed by atoms with Crippen LogP contribution in [0.3, 0.4) is 0 Å². The molecule has 10 nitrogen and oxygen atoms in total. The molecule has 0 amide bonds. The second-order valence-electron chi connectivity index (χ2n) is 8.65. The molecule has 4 aromatic rings. The number of carboxylic acid groups (broad SMARTS) is 1. The predicted molar refractivity (Wildman–Crippen MR) is 127 cm³/mol. The van der Waals surface area contributed by atoms with Gasteiger partial charge in [-0.3, -0.25) is 9.78 Å². The summed E-state index contributed by atoms with van der Waals surface area (Å²) in [6, 6.07) is 11.4. The maximum atomic E-state index is 13.6. The number of imidazole rings is 1. The Hall–Kier alpha value is -4.22. The Morgan fingerprint density at radius 3 is 2.53 bits per heavy atom. The number of pyridine rings is 1. The maximum Gasteiger partial charge on any atom is 0.314 e. The number of carboxylic acids is 1. The van der Waals surface area contributed by atoms with Crippen molar-refractivity contribution in [3.8, 4) is 22.6 Å². The van der Waals surface area contributed by atoms with E-state index in [-0.39, 0.29) is 19.0 Å². The third-order valence-corrected chi connectivity index (χ3v) is 5.80. The number of aromatic amines is 1. The highest BCUT2D eigenvalue weighted by Crippen LogP contribution is 2.35. The van der Waals surface area contributed by atoms with E-state index in [0.29, 0.717) is 41.0 Å². The summed E-state index contributed by atoms with van der Waals surface area (Å²) in [7, 11) is 0. The van der Waals surface area contributed by atoms with Gasteiger partial charge in [-0.2, -0.15) is 0 Å². The Kier molecular flexibility index (Phi) is 6.40. The molecule has 0 aliphatic carbocycles. The van der Waals surface area contributed by atoms with Crippen LogP contribution in [0.25, 0.3) is 22.6 Å². The normalized spacial score (nSPS) is 19.7. The fraction of sp³-hybridized carbons (Fsp3) is 0.240. The van der Waals surface area contributed by atoms with Crippen molar-refractivity contribution in [1.82, 2.24) is 24.9 Å². The zero-order valence-corrected chi connectivity index (χ0v) is 19.3. The number of aliphatic carboxylic acids is 1. The first-order valence-electron chi connectivity index (χ1n) is 11.2. The number of H-pyrrole nitrogens is 1. The number of nitrogens with zero attached hydrogens (tertiary/aromatic N) is 4. The molecule has 3 N–H and O–H groups in total. The predicted octanol–water partition coefficient (Wildman–Crippen LogP) is 3.82. The molecule has 0 unspecified atom stereocenters. The Morgan fingerprint density at radius 1 is 1.11 bits per heavy atom. The number of rotatable bonds is 7. The Bertz CT molecular complexity index is 1350. The number of halogens is 1. The van der Waals surface area contributed by atoms with Gasteiger partial charge in [-0.15, -0.1) is 0 Å². The SMILES string of the molecule is CC1(C(=O)O)COC(c2nc(-c3ccc(F)cc3)c(-c3ccnc(NCc4ccncc4)n3)[nH]2)OC1. The molecule has 184 valence electrons. The number of hydrogen-bond donors (Lipinski definition) is 3. The zero-order valence-electron chi connectivity index (χ0n) is 19.3. The van der Waals surface area contributed by atoms with Crippen LogP contribution < -0.4 is 5.32 Å². The second kappa shape index (κ2) is 9.80. The summed E-state index contributed by atoms with van der Waals surface area (Å²) in [5.41, 5.74) is 2.16. The number of hydrogen-bond acceptors (Lipinski definition) is 8. The molecule has 11 heteroatoms. The number of carbonyl (C=O) groups is 1. The highest BCUT2D eigenvalue weighted by molar-refractivity contribution is 5.77. The molecule has 1 aliphatic rings. The molecule has 1 aromatic carbocycles. The van der Waals surface area contributed by atoms with Crippen molar-refractivity contribution in [2.75, 3.05) is 18.5 Å². The molecule has 3 aromatic heterocycles. The van der Waals surface area contributed by atoms with Gasteiger partial charge in [0.2, 0.25) is 12.2 Å². The number of nitrogens with one attached hydrogen (secondary N) is 2. The summed E-state index contributed by atoms with van der Waals surface area (Å²) in [6.45, 7) is 2.00. The van der Waals surface area contributed by atoms with E-state index in [0.717, 1.165) is 5.56 Å². The molecule has 1 aliphatic heterocycles. The molecule has 0 saturated carbocycles. The number of ether oxygens (including phenoxy) is 2. The van der Waals surface area contributed by atoms with E-state index >= 15 is 0 Å². The van der Waals surface area contributed by atoms with Gasteiger partial charge in [-0.05, 0) is 55.0 Å². The van der Waals surface area contributed by atoms with Crippen LogP contribution in [-0.4, -0.2) is 49.2 Å². The molecule has 1 fully saturated rings. The van der Waals surface area contributed by atoms with Crippen molar-refractivity contribution in [2.24, 2.45) is 5.41 Å². The van der Waals surface area contributed by atoms with Crippen LogP contribution in [-0.2, 0) is 20.8 Å². The van der Waals surface area contributed by atoms with Gasteiger partial charge in [0, 0.05) is 30.7 Å². The second-order valence-corrected chi connectivity index (χ2v) is 8.65. The molecular weight excluding hydrogens is 467 g/mol. The number of benzene rings is 1. The van der Waals surface area contributed by atoms with Crippen LogP contribution in [0.2, 0.25) is 0 Å². The van der Waals surface area contributed by atoms with Gasteiger partial charge in [0.05, 0.1) is 30.3 Å². The average molecular weight is 490 g/mol. The van der Waals surface area contributed by atoms with Crippen LogP contribution in [0.15, 0.2) is 61.1 Å². The first-order chi connectivity index (χ1) is 17.4. The van der Waals surface area contributed by atoms with E-state index in [4.69, 9.17) is 9.47 Å². The maximum absolute atomic E-state index is 13.6. The fourth-order valence-electron chi connectivity index (χ4n) is 3.66. The summed E-state index contributed by atoms with van der Waals surface area (Å²) < 4.78 is 25.0. The monoisotopic (exact) mass is 490 g/mol. The smallest absolute Gasteiger partial charge is 0.314 e. The molecule has 0 spiro atoms. The standard InChI is InChI=1S/C25H23FN6O4/c1-25(23(33)34)13-35-22(36-14-25)21-31-19(16-2-4-17(26)5-3-16)20(32-21)18-8-11-28-24(30-18)29-12-15-6-9-27-10-7-15/h2-11,22H,12-14H2,1H3,(H,31,32)(H,33,34)(H,28,29,30). The molecule has 36 heavy (non-hydrogen) atoms. The number of anilines is 1. The van der Waals surface area contributed by atoms with Crippen molar-refractivity contribution in [3.63, 3.8) is 0 Å². The Morgan fingerprint density at radius 2 is 1.83 bits per heavy atom. The molecule has 4 heterocycles. The summed E-state index contributed by atoms with van der Waals surface area (Å²) in [5.74, 6) is -0.608. The molecular formula is C25H23FN6O4. The summed E-state index contributed by atoms with van der Waals surface area (Å²) >= 11 is 0. The Balaban J connectivity index is 1.46. The van der Waals surface area contributed by atoms with E-state index in [2.05, 4.69) is 30.2 Å². The highest BCUT2D eigenvalue weighted by Gasteiger charge is 2.41. The van der Waals surface area contributed by atoms with Crippen LogP contribution in [0.1, 0.15) is 24.6 Å². The van der Waals surface area contributed by atoms with Gasteiger partial charge >= 0.3 is 5.97 Å². The minimum absolute atomic E-state index is 0.0362. The van der Waals surface area contributed by atoms with E-state index in [1.54, 1.807) is 43.7 Å². The zero-order chi connectivity index (χ0) is 25.1. The van der Waals surface area contributed by atoms with E-state index in [1.165, 1.54) is 12.1 Å². The van der Waals surface area contributed by atoms with Crippen LogP contribution >= 0.6 is 0 Å². The van der Waals surface area contributed by atoms with Crippen molar-refractivity contribution in [3.05, 3.63) is 78.3 Å². The molecule has 0 radical (unpaired) electrons. The third kappa shape index (κ3) is 4.92. The van der Waals surface area contributed by atoms with E-state index in [1.807, 2.05) is 12.1 Å². The minimum Gasteiger partial charge on any atom is -0.481 e. The van der Waals surface area contributed by atoms with E-state index < -0.39 is 17.7 Å². The quantitative estimate of drug-likeness (QED) is 0.353. The van der Waals surface area contributed by atoms with Gasteiger partial charge in [-0.25, -0.2) is 19.3 Å². The van der Waals surface area contributed by atoms with E-state index in [9.17, 15) is 14.3 Å². The Labute approximate surface area is 205 Å². The lowest BCUT2D eigenvalue weighted by Gasteiger charge is -2.33. The number of aromatic nitrogens is 5. The molecule has 0 bridgehead atoms. The summed E-state index contributed by atoms with van der Waals surface area (Å²) in [6.07, 6.45) is 4.16. The lowest BCUT2D eigenvalue weighted by molar-refractivity contribution is -0.236. The third-order valence-electron chi connectivity index (χ3n) is 5.80. The largest absolute Gasteiger partial charge is 0.481 e. The molecule has 1 saturated heterocycles. The van der Waals surface area contributed by atoms with Crippen molar-refractivity contribution in [2.45, 2.75) is 19.8 Å². The minimum atomic E-state index is -1.15. The average Bonchev–Trinajstić information content (AvgIpc) is 3.34. The summed E-state index contributed by atoms with van der Waals surface area (Å²) in [4.78, 5) is 32.3. The topological polar surface area (TPSA) is 135 Å². The van der Waals surface area contributed by atoms with Crippen LogP contribution in [0, 0.1) is 11.2 Å². The van der Waals surface area contributed by atoms with Gasteiger partial charge in [0.15, 0.2) is 5.82 Å². The lowest BCUT2D eigenvalue weighted by Crippen LogP contribution is -2.42. The molecule has 0 atom stereocenters. The fourth-order valence-corrected chi connectivity index (χ4v) is 3.66. The summed E-state index contributed by atoms with van der Waals surface area (Å²) in [5, 5.41) is 12.6. The van der Waals surface area contributed by atoms with Gasteiger partial charge in [0.1, 0.15) is 11.2 Å². The highest BCUT2D eigenvalue weighted by atomic mass is 19.1. The van der Waals surface area contributed by atoms with Crippen molar-refractivity contribution in [1.29, 1.82) is 0 Å². The van der Waals surface area contributed by atoms with Gasteiger partial charge < -0.3 is 24.9 Å². The lowest BCUT2D eigenvalue weighted by atomic mass is 9.92.